The van der Waals surface area contributed by atoms with Crippen molar-refractivity contribution in [1.29, 1.82) is 0 Å². The van der Waals surface area contributed by atoms with Crippen molar-refractivity contribution in [2.24, 2.45) is 5.92 Å². The van der Waals surface area contributed by atoms with E-state index in [0.717, 1.165) is 25.9 Å². The first kappa shape index (κ1) is 16.4. The zero-order chi connectivity index (χ0) is 17.1. The largest absolute Gasteiger partial charge is 0.353 e. The molecule has 0 spiro atoms. The fourth-order valence-corrected chi connectivity index (χ4v) is 3.02. The Morgan fingerprint density at radius 2 is 2.25 bits per heavy atom. The molecule has 24 heavy (non-hydrogen) atoms. The maximum atomic E-state index is 11.7. The summed E-state index contributed by atoms with van der Waals surface area (Å²) in [6.07, 6.45) is 4.97. The number of hydrogen-bond acceptors (Lipinski definition) is 7. The van der Waals surface area contributed by atoms with Gasteiger partial charge in [-0.25, -0.2) is 15.0 Å². The number of aromatic nitrogens is 3. The molecule has 3 heterocycles. The number of pyridine rings is 1. The summed E-state index contributed by atoms with van der Waals surface area (Å²) in [5, 5.41) is 14.8. The van der Waals surface area contributed by atoms with Crippen molar-refractivity contribution in [1.82, 2.24) is 15.0 Å². The summed E-state index contributed by atoms with van der Waals surface area (Å²) in [4.78, 5) is 25.3. The molecule has 0 bridgehead atoms. The van der Waals surface area contributed by atoms with Crippen molar-refractivity contribution in [2.45, 2.75) is 19.8 Å². The van der Waals surface area contributed by atoms with Crippen LogP contribution in [0, 0.1) is 16.0 Å². The quantitative estimate of drug-likeness (QED) is 0.513. The summed E-state index contributed by atoms with van der Waals surface area (Å²) in [6, 6.07) is 3.37. The van der Waals surface area contributed by atoms with Crippen LogP contribution in [-0.2, 0) is 0 Å². The van der Waals surface area contributed by atoms with Crippen molar-refractivity contribution in [2.75, 3.05) is 23.3 Å². The van der Waals surface area contributed by atoms with Crippen molar-refractivity contribution in [3.63, 3.8) is 0 Å². The Morgan fingerprint density at radius 3 is 2.96 bits per heavy atom. The molecule has 0 aliphatic carbocycles. The van der Waals surface area contributed by atoms with Gasteiger partial charge in [-0.2, -0.15) is 0 Å². The summed E-state index contributed by atoms with van der Waals surface area (Å²) in [5.74, 6) is 0.916. The Morgan fingerprint density at radius 1 is 1.42 bits per heavy atom. The molecule has 0 amide bonds. The number of halogens is 1. The predicted molar refractivity (Wildman–Crippen MR) is 91.8 cm³/mol. The van der Waals surface area contributed by atoms with E-state index in [1.165, 1.54) is 6.33 Å². The number of nitrogens with zero attached hydrogens (tertiary/aromatic N) is 5. The standard InChI is InChI=1S/C15H17ClN6O2/c1-10-4-3-7-21(8-10)15-12(22(23)24)14(18-9-19-15)20-11-5-2-6-17-13(11)16/h2,5-6,9-10H,3-4,7-8H2,1H3,(H,18,19,20). The summed E-state index contributed by atoms with van der Waals surface area (Å²) in [7, 11) is 0. The Bertz CT molecular complexity index is 756. The fraction of sp³-hybridized carbons (Fsp3) is 0.400. The molecule has 2 aromatic heterocycles. The lowest BCUT2D eigenvalue weighted by molar-refractivity contribution is -0.383. The zero-order valence-corrected chi connectivity index (χ0v) is 13.9. The summed E-state index contributed by atoms with van der Waals surface area (Å²) in [6.45, 7) is 3.62. The SMILES string of the molecule is CC1CCCN(c2ncnc(Nc3cccnc3Cl)c2[N+](=O)[O-])C1. The maximum Gasteiger partial charge on any atom is 0.353 e. The lowest BCUT2D eigenvalue weighted by Crippen LogP contribution is -2.35. The van der Waals surface area contributed by atoms with Gasteiger partial charge >= 0.3 is 5.69 Å². The minimum absolute atomic E-state index is 0.109. The molecule has 9 heteroatoms. The number of rotatable bonds is 4. The second kappa shape index (κ2) is 6.96. The smallest absolute Gasteiger partial charge is 0.350 e. The maximum absolute atomic E-state index is 11.7. The first-order chi connectivity index (χ1) is 11.6. The van der Waals surface area contributed by atoms with Gasteiger partial charge in [-0.3, -0.25) is 10.1 Å². The third-order valence-corrected chi connectivity index (χ3v) is 4.26. The van der Waals surface area contributed by atoms with Gasteiger partial charge in [0, 0.05) is 19.3 Å². The Hall–Kier alpha value is -2.48. The highest BCUT2D eigenvalue weighted by atomic mass is 35.5. The van der Waals surface area contributed by atoms with E-state index in [1.54, 1.807) is 18.3 Å². The van der Waals surface area contributed by atoms with E-state index >= 15 is 0 Å². The van der Waals surface area contributed by atoms with Crippen molar-refractivity contribution in [3.05, 3.63) is 39.9 Å². The molecular formula is C15H17ClN6O2. The van der Waals surface area contributed by atoms with Gasteiger partial charge in [-0.15, -0.1) is 0 Å². The molecule has 126 valence electrons. The van der Waals surface area contributed by atoms with E-state index in [1.807, 2.05) is 4.90 Å². The average molecular weight is 349 g/mol. The first-order valence-electron chi connectivity index (χ1n) is 7.68. The molecule has 0 radical (unpaired) electrons. The predicted octanol–water partition coefficient (Wildman–Crippen LogP) is 3.41. The van der Waals surface area contributed by atoms with Crippen LogP contribution < -0.4 is 10.2 Å². The molecule has 0 aromatic carbocycles. The van der Waals surface area contributed by atoms with Crippen molar-refractivity contribution < 1.29 is 4.92 Å². The molecule has 3 rings (SSSR count). The minimum Gasteiger partial charge on any atom is -0.350 e. The average Bonchev–Trinajstić information content (AvgIpc) is 2.56. The number of piperidine rings is 1. The van der Waals surface area contributed by atoms with Gasteiger partial charge in [-0.05, 0) is 30.9 Å². The normalized spacial score (nSPS) is 17.6. The molecule has 8 nitrogen and oxygen atoms in total. The third kappa shape index (κ3) is 3.38. The third-order valence-electron chi connectivity index (χ3n) is 3.95. The van der Waals surface area contributed by atoms with E-state index in [2.05, 4.69) is 27.2 Å². The van der Waals surface area contributed by atoms with Crippen LogP contribution in [0.25, 0.3) is 0 Å². The number of nitro groups is 1. The minimum atomic E-state index is -0.457. The number of nitrogens with one attached hydrogen (secondary N) is 1. The molecule has 1 N–H and O–H groups in total. The topological polar surface area (TPSA) is 97.1 Å². The molecule has 0 saturated carbocycles. The van der Waals surface area contributed by atoms with E-state index in [9.17, 15) is 10.1 Å². The van der Waals surface area contributed by atoms with Crippen LogP contribution in [0.5, 0.6) is 0 Å². The van der Waals surface area contributed by atoms with Crippen LogP contribution in [0.2, 0.25) is 5.15 Å². The van der Waals surface area contributed by atoms with Gasteiger partial charge in [0.15, 0.2) is 5.15 Å². The second-order valence-corrected chi connectivity index (χ2v) is 6.17. The molecule has 2 aromatic rings. The highest BCUT2D eigenvalue weighted by molar-refractivity contribution is 6.32. The fourth-order valence-electron chi connectivity index (χ4n) is 2.85. The molecule has 1 unspecified atom stereocenters. The zero-order valence-electron chi connectivity index (χ0n) is 13.1. The van der Waals surface area contributed by atoms with Crippen LogP contribution in [-0.4, -0.2) is 33.0 Å². The molecule has 1 aliphatic heterocycles. The van der Waals surface area contributed by atoms with Gasteiger partial charge in [0.2, 0.25) is 11.6 Å². The van der Waals surface area contributed by atoms with Crippen LogP contribution in [0.15, 0.2) is 24.7 Å². The van der Waals surface area contributed by atoms with Gasteiger partial charge in [0.25, 0.3) is 0 Å². The summed E-state index contributed by atoms with van der Waals surface area (Å²) >= 11 is 6.02. The summed E-state index contributed by atoms with van der Waals surface area (Å²) < 4.78 is 0. The van der Waals surface area contributed by atoms with Crippen LogP contribution in [0.4, 0.5) is 23.0 Å². The first-order valence-corrected chi connectivity index (χ1v) is 8.06. The van der Waals surface area contributed by atoms with Gasteiger partial charge in [0.05, 0.1) is 10.6 Å². The Balaban J connectivity index is 1.99. The highest BCUT2D eigenvalue weighted by Gasteiger charge is 2.29. The van der Waals surface area contributed by atoms with Crippen molar-refractivity contribution >= 4 is 34.6 Å². The van der Waals surface area contributed by atoms with Gasteiger partial charge < -0.3 is 10.2 Å². The summed E-state index contributed by atoms with van der Waals surface area (Å²) in [5.41, 5.74) is 0.311. The van der Waals surface area contributed by atoms with E-state index in [-0.39, 0.29) is 16.7 Å². The lowest BCUT2D eigenvalue weighted by atomic mass is 10.0. The van der Waals surface area contributed by atoms with Gasteiger partial charge in [0.1, 0.15) is 6.33 Å². The second-order valence-electron chi connectivity index (χ2n) is 5.81. The number of hydrogen-bond donors (Lipinski definition) is 1. The highest BCUT2D eigenvalue weighted by Crippen LogP contribution is 2.36. The van der Waals surface area contributed by atoms with E-state index in [0.29, 0.717) is 17.4 Å². The van der Waals surface area contributed by atoms with Crippen molar-refractivity contribution in [3.8, 4) is 0 Å². The van der Waals surface area contributed by atoms with E-state index in [4.69, 9.17) is 11.6 Å². The Kier molecular flexibility index (Phi) is 4.75. The molecule has 1 atom stereocenters. The lowest BCUT2D eigenvalue weighted by Gasteiger charge is -2.31. The Labute approximate surface area is 144 Å². The molecule has 1 fully saturated rings. The molecular weight excluding hydrogens is 332 g/mol. The monoisotopic (exact) mass is 348 g/mol. The number of anilines is 3. The van der Waals surface area contributed by atoms with Crippen LogP contribution in [0.1, 0.15) is 19.8 Å². The molecule has 1 saturated heterocycles. The van der Waals surface area contributed by atoms with Crippen LogP contribution >= 0.6 is 11.6 Å². The van der Waals surface area contributed by atoms with Gasteiger partial charge in [-0.1, -0.05) is 18.5 Å². The molecule has 1 aliphatic rings. The van der Waals surface area contributed by atoms with Crippen LogP contribution in [0.3, 0.4) is 0 Å². The van der Waals surface area contributed by atoms with E-state index < -0.39 is 4.92 Å².